The first kappa shape index (κ1) is 18.7. The molecule has 5 heteroatoms. The van der Waals surface area contributed by atoms with Gasteiger partial charge in [0.2, 0.25) is 0 Å². The zero-order valence-electron chi connectivity index (χ0n) is 13.4. The molecule has 0 heterocycles. The largest absolute Gasteiger partial charge is 0.253 e. The highest BCUT2D eigenvalue weighted by Crippen LogP contribution is 2.54. The lowest BCUT2D eigenvalue weighted by Crippen LogP contribution is -2.42. The van der Waals surface area contributed by atoms with E-state index in [0.717, 1.165) is 12.7 Å². The van der Waals surface area contributed by atoms with Crippen molar-refractivity contribution >= 4 is 26.7 Å². The first-order chi connectivity index (χ1) is 8.27. The maximum atomic E-state index is 6.87. The fourth-order valence-electron chi connectivity index (χ4n) is 2.22. The summed E-state index contributed by atoms with van der Waals surface area (Å²) < 4.78 is 4.98. The smallest absolute Gasteiger partial charge is 0.141 e. The fourth-order valence-corrected chi connectivity index (χ4v) is 6.14. The minimum atomic E-state index is -0.738. The molecule has 0 saturated heterocycles. The molecule has 0 amide bonds. The summed E-state index contributed by atoms with van der Waals surface area (Å²) in [4.78, 5) is 0. The van der Waals surface area contributed by atoms with E-state index in [1.54, 1.807) is 0 Å². The molecule has 0 N–H and O–H groups in total. The standard InChI is InChI=1S/C13H31BClN2P/c1-8-12(6)16(10(2)3)18(15)17(11(4)5)13(7)9-14/h10-13H,8-9,14H2,1-7H3. The van der Waals surface area contributed by atoms with Gasteiger partial charge in [0.25, 0.3) is 0 Å². The van der Waals surface area contributed by atoms with Crippen molar-refractivity contribution < 1.29 is 0 Å². The Hall–Kier alpha value is 0.705. The predicted octanol–water partition coefficient (Wildman–Crippen LogP) is 4.11. The average Bonchev–Trinajstić information content (AvgIpc) is 2.27. The van der Waals surface area contributed by atoms with Crippen molar-refractivity contribution in [2.75, 3.05) is 0 Å². The molecule has 0 fully saturated rings. The van der Waals surface area contributed by atoms with Crippen LogP contribution in [0.15, 0.2) is 0 Å². The van der Waals surface area contributed by atoms with E-state index in [1.807, 2.05) is 0 Å². The lowest BCUT2D eigenvalue weighted by Gasteiger charge is -2.44. The van der Waals surface area contributed by atoms with Crippen molar-refractivity contribution in [1.82, 2.24) is 9.34 Å². The van der Waals surface area contributed by atoms with Crippen LogP contribution in [0.4, 0.5) is 0 Å². The van der Waals surface area contributed by atoms with Crippen LogP contribution < -0.4 is 0 Å². The third-order valence-corrected chi connectivity index (χ3v) is 7.05. The quantitative estimate of drug-likeness (QED) is 0.491. The molecule has 0 aliphatic rings. The van der Waals surface area contributed by atoms with Crippen molar-refractivity contribution in [3.63, 3.8) is 0 Å². The lowest BCUT2D eigenvalue weighted by atomic mass is 9.98. The summed E-state index contributed by atoms with van der Waals surface area (Å²) in [5, 5.41) is 0. The third kappa shape index (κ3) is 5.00. The molecular formula is C13H31BClN2P. The molecule has 0 aliphatic carbocycles. The van der Waals surface area contributed by atoms with E-state index in [0.29, 0.717) is 24.2 Å². The fraction of sp³-hybridized carbons (Fsp3) is 1.00. The minimum Gasteiger partial charge on any atom is -0.253 e. The van der Waals surface area contributed by atoms with Gasteiger partial charge in [-0.1, -0.05) is 24.5 Å². The maximum Gasteiger partial charge on any atom is 0.141 e. The lowest BCUT2D eigenvalue weighted by molar-refractivity contribution is 0.252. The normalized spacial score (nSPS) is 17.8. The molecular weight excluding hydrogens is 261 g/mol. The Morgan fingerprint density at radius 2 is 1.33 bits per heavy atom. The molecule has 0 rings (SSSR count). The van der Waals surface area contributed by atoms with E-state index in [2.05, 4.69) is 65.7 Å². The van der Waals surface area contributed by atoms with Crippen molar-refractivity contribution in [2.24, 2.45) is 0 Å². The Labute approximate surface area is 121 Å². The Balaban J connectivity index is 5.06. The first-order valence-electron chi connectivity index (χ1n) is 7.30. The SMILES string of the molecule is BCC(C)N(C(C)C)P(Cl)N(C(C)C)C(C)CC. The summed E-state index contributed by atoms with van der Waals surface area (Å²) in [6, 6.07) is 2.07. The number of hydrogen-bond acceptors (Lipinski definition) is 2. The van der Waals surface area contributed by atoms with Gasteiger partial charge in [0.15, 0.2) is 0 Å². The summed E-state index contributed by atoms with van der Waals surface area (Å²) in [6.07, 6.45) is 2.30. The first-order valence-corrected chi connectivity index (χ1v) is 9.45. The van der Waals surface area contributed by atoms with Crippen LogP contribution in [0.2, 0.25) is 6.32 Å². The van der Waals surface area contributed by atoms with E-state index >= 15 is 0 Å². The van der Waals surface area contributed by atoms with Crippen LogP contribution in [0.5, 0.6) is 0 Å². The zero-order chi connectivity index (χ0) is 14.5. The highest BCUT2D eigenvalue weighted by Gasteiger charge is 2.32. The van der Waals surface area contributed by atoms with Crippen LogP contribution in [0.25, 0.3) is 0 Å². The van der Waals surface area contributed by atoms with Gasteiger partial charge in [0.1, 0.15) is 15.4 Å². The molecule has 0 aromatic carbocycles. The molecule has 2 nitrogen and oxygen atoms in total. The average molecular weight is 293 g/mol. The maximum absolute atomic E-state index is 6.87. The van der Waals surface area contributed by atoms with E-state index in [-0.39, 0.29) is 0 Å². The highest BCUT2D eigenvalue weighted by molar-refractivity contribution is 7.80. The van der Waals surface area contributed by atoms with Crippen LogP contribution >= 0.6 is 18.8 Å². The van der Waals surface area contributed by atoms with Crippen LogP contribution in [0, 0.1) is 0 Å². The third-order valence-electron chi connectivity index (χ3n) is 3.52. The van der Waals surface area contributed by atoms with Gasteiger partial charge < -0.3 is 0 Å². The van der Waals surface area contributed by atoms with Gasteiger partial charge in [-0.05, 0) is 48.0 Å². The molecule has 3 atom stereocenters. The van der Waals surface area contributed by atoms with E-state index in [9.17, 15) is 0 Å². The molecule has 0 aliphatic heterocycles. The van der Waals surface area contributed by atoms with E-state index in [1.165, 1.54) is 0 Å². The van der Waals surface area contributed by atoms with Gasteiger partial charge in [0, 0.05) is 24.2 Å². The van der Waals surface area contributed by atoms with Gasteiger partial charge >= 0.3 is 0 Å². The molecule has 18 heavy (non-hydrogen) atoms. The second kappa shape index (κ2) is 8.79. The molecule has 0 aromatic rings. The summed E-state index contributed by atoms with van der Waals surface area (Å²) in [5.41, 5.74) is 0. The van der Waals surface area contributed by atoms with Crippen LogP contribution in [-0.2, 0) is 0 Å². The summed E-state index contributed by atoms with van der Waals surface area (Å²) in [5.74, 6) is 0. The van der Waals surface area contributed by atoms with Crippen LogP contribution in [-0.4, -0.2) is 41.4 Å². The molecule has 0 bridgehead atoms. The number of rotatable bonds is 8. The molecule has 3 unspecified atom stereocenters. The second-order valence-corrected chi connectivity index (χ2v) is 8.01. The van der Waals surface area contributed by atoms with Crippen molar-refractivity contribution in [3.05, 3.63) is 0 Å². The monoisotopic (exact) mass is 292 g/mol. The summed E-state index contributed by atoms with van der Waals surface area (Å²) in [6.45, 7) is 15.8. The van der Waals surface area contributed by atoms with Crippen molar-refractivity contribution in [2.45, 2.75) is 85.4 Å². The van der Waals surface area contributed by atoms with E-state index in [4.69, 9.17) is 11.2 Å². The molecule has 108 valence electrons. The van der Waals surface area contributed by atoms with Gasteiger partial charge in [-0.3, -0.25) is 9.34 Å². The Kier molecular flexibility index (Phi) is 9.14. The number of halogens is 1. The van der Waals surface area contributed by atoms with Crippen molar-refractivity contribution in [3.8, 4) is 0 Å². The molecule has 0 aromatic heterocycles. The Morgan fingerprint density at radius 3 is 1.61 bits per heavy atom. The van der Waals surface area contributed by atoms with Gasteiger partial charge in [-0.25, -0.2) is 0 Å². The van der Waals surface area contributed by atoms with E-state index < -0.39 is 7.58 Å². The van der Waals surface area contributed by atoms with Gasteiger partial charge in [-0.15, -0.1) is 0 Å². The molecule has 0 saturated carbocycles. The molecule has 0 spiro atoms. The zero-order valence-corrected chi connectivity index (χ0v) is 15.1. The van der Waals surface area contributed by atoms with Crippen molar-refractivity contribution in [1.29, 1.82) is 0 Å². The van der Waals surface area contributed by atoms with Gasteiger partial charge in [0.05, 0.1) is 0 Å². The summed E-state index contributed by atoms with van der Waals surface area (Å²) >= 11 is 6.87. The second-order valence-electron chi connectivity index (χ2n) is 5.70. The topological polar surface area (TPSA) is 6.48 Å². The Bertz CT molecular complexity index is 207. The Morgan fingerprint density at radius 1 is 0.944 bits per heavy atom. The highest BCUT2D eigenvalue weighted by atomic mass is 35.7. The minimum absolute atomic E-state index is 0.494. The van der Waals surface area contributed by atoms with Crippen LogP contribution in [0.1, 0.15) is 54.9 Å². The number of hydrogen-bond donors (Lipinski definition) is 0. The predicted molar refractivity (Wildman–Crippen MR) is 89.3 cm³/mol. The van der Waals surface area contributed by atoms with Gasteiger partial charge in [-0.2, -0.15) is 0 Å². The summed E-state index contributed by atoms with van der Waals surface area (Å²) in [7, 11) is 1.50. The van der Waals surface area contributed by atoms with Crippen LogP contribution in [0.3, 0.4) is 0 Å². The number of nitrogens with zero attached hydrogens (tertiary/aromatic N) is 2. The molecule has 0 radical (unpaired) electrons.